The van der Waals surface area contributed by atoms with E-state index < -0.39 is 21.7 Å². The largest absolute Gasteiger partial charge is 0.330 e. The Morgan fingerprint density at radius 1 is 0.923 bits per heavy atom. The summed E-state index contributed by atoms with van der Waals surface area (Å²) in [4.78, 5) is 21.8. The molecule has 2 aliphatic heterocycles. The Morgan fingerprint density at radius 3 is 2.28 bits per heavy atom. The van der Waals surface area contributed by atoms with Crippen molar-refractivity contribution in [1.29, 1.82) is 0 Å². The van der Waals surface area contributed by atoms with Gasteiger partial charge in [-0.15, -0.1) is 0 Å². The highest BCUT2D eigenvalue weighted by Crippen LogP contribution is 2.33. The summed E-state index contributed by atoms with van der Waals surface area (Å²) in [5.41, 5.74) is 1.78. The lowest BCUT2D eigenvalue weighted by Crippen LogP contribution is -2.55. The topological polar surface area (TPSA) is 82.6 Å². The summed E-state index contributed by atoms with van der Waals surface area (Å²) in [7, 11) is -3.90. The molecule has 2 atom stereocenters. The van der Waals surface area contributed by atoms with Gasteiger partial charge in [-0.1, -0.05) is 18.2 Å². The quantitative estimate of drug-likeness (QED) is 0.374. The second-order valence-corrected chi connectivity index (χ2v) is 11.7. The van der Waals surface area contributed by atoms with Crippen molar-refractivity contribution in [1.82, 2.24) is 14.8 Å². The molecule has 4 aromatic rings. The molecule has 1 aromatic heterocycles. The van der Waals surface area contributed by atoms with E-state index in [2.05, 4.69) is 14.6 Å². The molecule has 1 N–H and O–H groups in total. The van der Waals surface area contributed by atoms with E-state index in [9.17, 15) is 22.0 Å². The van der Waals surface area contributed by atoms with Crippen molar-refractivity contribution in [2.45, 2.75) is 36.4 Å². The summed E-state index contributed by atoms with van der Waals surface area (Å²) in [6.07, 6.45) is 3.28. The highest BCUT2D eigenvalue weighted by molar-refractivity contribution is 7.93. The van der Waals surface area contributed by atoms with E-state index in [0.717, 1.165) is 24.3 Å². The number of amides is 1. The molecule has 0 radical (unpaired) electrons. The van der Waals surface area contributed by atoms with Crippen LogP contribution in [0.5, 0.6) is 0 Å². The van der Waals surface area contributed by atoms with Gasteiger partial charge in [0.25, 0.3) is 15.9 Å². The fraction of sp³-hybridized carbons (Fsp3) is 0.241. The molecular formula is C29H26F2N4O3S. The zero-order chi connectivity index (χ0) is 27.1. The fourth-order valence-electron chi connectivity index (χ4n) is 5.74. The first-order chi connectivity index (χ1) is 18.8. The van der Waals surface area contributed by atoms with Crippen molar-refractivity contribution in [3.8, 4) is 0 Å². The van der Waals surface area contributed by atoms with Gasteiger partial charge in [0.2, 0.25) is 0 Å². The number of pyridine rings is 1. The lowest BCUT2D eigenvalue weighted by molar-refractivity contribution is 0.0405. The summed E-state index contributed by atoms with van der Waals surface area (Å²) in [6, 6.07) is 18.5. The van der Waals surface area contributed by atoms with E-state index in [1.165, 1.54) is 18.2 Å². The monoisotopic (exact) mass is 548 g/mol. The van der Waals surface area contributed by atoms with Gasteiger partial charge in [0, 0.05) is 60.6 Å². The van der Waals surface area contributed by atoms with E-state index in [0.29, 0.717) is 42.0 Å². The molecule has 2 bridgehead atoms. The minimum absolute atomic E-state index is 0.00620. The first-order valence-corrected chi connectivity index (χ1v) is 14.2. The Labute approximate surface area is 225 Å². The number of carbonyl (C=O) groups is 1. The van der Waals surface area contributed by atoms with Crippen molar-refractivity contribution in [2.75, 3.05) is 17.8 Å². The molecule has 2 fully saturated rings. The van der Waals surface area contributed by atoms with Crippen LogP contribution in [0.4, 0.5) is 14.5 Å². The third kappa shape index (κ3) is 5.09. The molecule has 39 heavy (non-hydrogen) atoms. The molecule has 0 spiro atoms. The van der Waals surface area contributed by atoms with E-state index in [-0.39, 0.29) is 22.9 Å². The standard InChI is InChI=1S/C29H26F2N4O3S/c30-22-13-19(14-23(31)15-22)16-34-17-25-10-11-26(18-34)35(25)29(36)21-6-8-24(9-7-21)33-39(37,38)27-5-1-3-20-4-2-12-32-28(20)27/h1-9,12-15,25-26,33H,10-11,16-18H2. The molecule has 2 aliphatic rings. The number of rotatable bonds is 6. The number of aromatic nitrogens is 1. The molecule has 3 aromatic carbocycles. The molecule has 0 aliphatic carbocycles. The maximum atomic E-state index is 13.6. The number of para-hydroxylation sites is 1. The average Bonchev–Trinajstić information content (AvgIpc) is 3.17. The average molecular weight is 549 g/mol. The van der Waals surface area contributed by atoms with Gasteiger partial charge >= 0.3 is 0 Å². The van der Waals surface area contributed by atoms with Gasteiger partial charge in [-0.25, -0.2) is 17.2 Å². The van der Waals surface area contributed by atoms with Gasteiger partial charge in [0.05, 0.1) is 5.52 Å². The fourth-order valence-corrected chi connectivity index (χ4v) is 6.98. The number of nitrogens with zero attached hydrogens (tertiary/aromatic N) is 3. The SMILES string of the molecule is O=C(c1ccc(NS(=O)(=O)c2cccc3cccnc23)cc1)N1C2CCC1CN(Cc1cc(F)cc(F)c1)C2. The Kier molecular flexibility index (Phi) is 6.52. The summed E-state index contributed by atoms with van der Waals surface area (Å²) >= 11 is 0. The highest BCUT2D eigenvalue weighted by Gasteiger charge is 2.42. The minimum atomic E-state index is -3.90. The van der Waals surface area contributed by atoms with E-state index in [4.69, 9.17) is 0 Å². The Bertz CT molecular complexity index is 1620. The third-order valence-corrected chi connectivity index (χ3v) is 8.80. The number of halogens is 2. The predicted molar refractivity (Wildman–Crippen MR) is 144 cm³/mol. The Balaban J connectivity index is 1.14. The van der Waals surface area contributed by atoms with Crippen LogP contribution in [0.2, 0.25) is 0 Å². The lowest BCUT2D eigenvalue weighted by Gasteiger charge is -2.41. The van der Waals surface area contributed by atoms with Crippen LogP contribution >= 0.6 is 0 Å². The second-order valence-electron chi connectivity index (χ2n) is 10.1. The van der Waals surface area contributed by atoms with E-state index >= 15 is 0 Å². The van der Waals surface area contributed by atoms with Gasteiger partial charge in [-0.3, -0.25) is 19.4 Å². The Morgan fingerprint density at radius 2 is 1.59 bits per heavy atom. The number of piperazine rings is 1. The van der Waals surface area contributed by atoms with Gasteiger partial charge in [0.1, 0.15) is 16.5 Å². The van der Waals surface area contributed by atoms with Crippen molar-refractivity contribution < 1.29 is 22.0 Å². The summed E-state index contributed by atoms with van der Waals surface area (Å²) in [6.45, 7) is 1.67. The smallest absolute Gasteiger partial charge is 0.264 e. The molecule has 0 saturated carbocycles. The van der Waals surface area contributed by atoms with Gasteiger partial charge in [-0.05, 0) is 66.9 Å². The molecule has 2 unspecified atom stereocenters. The van der Waals surface area contributed by atoms with Gasteiger partial charge in [-0.2, -0.15) is 0 Å². The van der Waals surface area contributed by atoms with Crippen LogP contribution in [0.3, 0.4) is 0 Å². The summed E-state index contributed by atoms with van der Waals surface area (Å²) in [5, 5.41) is 0.721. The van der Waals surface area contributed by atoms with Crippen molar-refractivity contribution in [3.05, 3.63) is 102 Å². The maximum absolute atomic E-state index is 13.6. The summed E-state index contributed by atoms with van der Waals surface area (Å²) < 4.78 is 56.0. The Hall–Kier alpha value is -3.89. The number of anilines is 1. The normalized spacial score (nSPS) is 19.4. The summed E-state index contributed by atoms with van der Waals surface area (Å²) in [5.74, 6) is -1.30. The van der Waals surface area contributed by atoms with E-state index in [1.54, 1.807) is 54.7 Å². The third-order valence-electron chi connectivity index (χ3n) is 7.39. The van der Waals surface area contributed by atoms with Crippen LogP contribution in [0.1, 0.15) is 28.8 Å². The molecule has 2 saturated heterocycles. The molecular weight excluding hydrogens is 522 g/mol. The molecule has 200 valence electrons. The molecule has 6 rings (SSSR count). The number of benzene rings is 3. The van der Waals surface area contributed by atoms with Crippen LogP contribution in [0.15, 0.2) is 83.9 Å². The molecule has 10 heteroatoms. The number of sulfonamides is 1. The first-order valence-electron chi connectivity index (χ1n) is 12.7. The van der Waals surface area contributed by atoms with E-state index in [1.807, 2.05) is 4.90 Å². The zero-order valence-corrected chi connectivity index (χ0v) is 21.7. The van der Waals surface area contributed by atoms with Gasteiger partial charge in [0.15, 0.2) is 0 Å². The number of hydrogen-bond acceptors (Lipinski definition) is 5. The van der Waals surface area contributed by atoms with Crippen molar-refractivity contribution in [2.24, 2.45) is 0 Å². The predicted octanol–water partition coefficient (Wildman–Crippen LogP) is 4.80. The van der Waals surface area contributed by atoms with Crippen LogP contribution in [0.25, 0.3) is 10.9 Å². The van der Waals surface area contributed by atoms with Crippen LogP contribution < -0.4 is 4.72 Å². The van der Waals surface area contributed by atoms with Crippen LogP contribution in [0, 0.1) is 11.6 Å². The lowest BCUT2D eigenvalue weighted by atomic mass is 10.1. The second kappa shape index (κ2) is 10.0. The van der Waals surface area contributed by atoms with Crippen molar-refractivity contribution >= 4 is 32.5 Å². The molecule has 1 amide bonds. The molecule has 7 nitrogen and oxygen atoms in total. The molecule has 3 heterocycles. The van der Waals surface area contributed by atoms with Crippen molar-refractivity contribution in [3.63, 3.8) is 0 Å². The minimum Gasteiger partial charge on any atom is -0.330 e. The number of fused-ring (bicyclic) bond motifs is 3. The van der Waals surface area contributed by atoms with Crippen LogP contribution in [-0.4, -0.2) is 54.3 Å². The van der Waals surface area contributed by atoms with Gasteiger partial charge < -0.3 is 4.90 Å². The maximum Gasteiger partial charge on any atom is 0.264 e. The highest BCUT2D eigenvalue weighted by atomic mass is 32.2. The zero-order valence-electron chi connectivity index (χ0n) is 20.9. The number of likely N-dealkylation sites (tertiary alicyclic amines) is 1. The van der Waals surface area contributed by atoms with Crippen LogP contribution in [-0.2, 0) is 16.6 Å². The first kappa shape index (κ1) is 25.4. The number of carbonyl (C=O) groups excluding carboxylic acids is 1. The number of hydrogen-bond donors (Lipinski definition) is 1. The number of nitrogens with one attached hydrogen (secondary N) is 1.